The largest absolute Gasteiger partial charge is 0.343 e. The fourth-order valence-electron chi connectivity index (χ4n) is 4.62. The van der Waals surface area contributed by atoms with Crippen LogP contribution in [0.5, 0.6) is 0 Å². The lowest BCUT2D eigenvalue weighted by Crippen LogP contribution is -2.54. The lowest BCUT2D eigenvalue weighted by molar-refractivity contribution is -0.139. The molecule has 0 radical (unpaired) electrons. The summed E-state index contributed by atoms with van der Waals surface area (Å²) in [7, 11) is 1.71. The second-order valence-electron chi connectivity index (χ2n) is 9.52. The number of nitrogens with zero attached hydrogens (tertiary/aromatic N) is 4. The quantitative estimate of drug-likeness (QED) is 0.542. The molecule has 2 amide bonds. The summed E-state index contributed by atoms with van der Waals surface area (Å²) < 4.78 is 15.6. The molecular weight excluding hydrogens is 447 g/mol. The van der Waals surface area contributed by atoms with Gasteiger partial charge in [-0.2, -0.15) is 0 Å². The van der Waals surface area contributed by atoms with Gasteiger partial charge in [0.1, 0.15) is 23.5 Å². The maximum atomic E-state index is 13.7. The Morgan fingerprint density at radius 2 is 1.91 bits per heavy atom. The maximum absolute atomic E-state index is 13.7. The van der Waals surface area contributed by atoms with E-state index in [9.17, 15) is 14.0 Å². The average molecular weight is 481 g/mol. The van der Waals surface area contributed by atoms with Gasteiger partial charge in [0.25, 0.3) is 0 Å². The van der Waals surface area contributed by atoms with E-state index in [1.54, 1.807) is 20.0 Å². The molecule has 3 atom stereocenters. The zero-order chi connectivity index (χ0) is 25.3. The Morgan fingerprint density at radius 3 is 2.63 bits per heavy atom. The predicted molar refractivity (Wildman–Crippen MR) is 133 cm³/mol. The number of halogens is 1. The van der Waals surface area contributed by atoms with Crippen LogP contribution in [-0.4, -0.2) is 56.9 Å². The molecule has 2 N–H and O–H groups in total. The second-order valence-corrected chi connectivity index (χ2v) is 9.52. The first-order valence-electron chi connectivity index (χ1n) is 12.1. The van der Waals surface area contributed by atoms with Crippen molar-refractivity contribution in [2.24, 2.45) is 5.92 Å². The van der Waals surface area contributed by atoms with Crippen molar-refractivity contribution in [1.82, 2.24) is 30.1 Å². The lowest BCUT2D eigenvalue weighted by atomic mass is 10.0. The fourth-order valence-corrected chi connectivity index (χ4v) is 4.62. The highest BCUT2D eigenvalue weighted by Crippen LogP contribution is 2.33. The first-order valence-corrected chi connectivity index (χ1v) is 12.1. The van der Waals surface area contributed by atoms with E-state index in [-0.39, 0.29) is 29.6 Å². The van der Waals surface area contributed by atoms with E-state index in [0.29, 0.717) is 18.2 Å². The van der Waals surface area contributed by atoms with Crippen LogP contribution in [0.15, 0.2) is 36.5 Å². The van der Waals surface area contributed by atoms with E-state index in [4.69, 9.17) is 0 Å². The van der Waals surface area contributed by atoms with E-state index >= 15 is 0 Å². The van der Waals surface area contributed by atoms with Gasteiger partial charge in [-0.3, -0.25) is 9.59 Å². The Morgan fingerprint density at radius 1 is 1.14 bits per heavy atom. The summed E-state index contributed by atoms with van der Waals surface area (Å²) in [5, 5.41) is 6.63. The Hall–Kier alpha value is -3.33. The molecule has 9 heteroatoms. The molecule has 0 bridgehead atoms. The second kappa shape index (κ2) is 10.1. The summed E-state index contributed by atoms with van der Waals surface area (Å²) in [4.78, 5) is 37.3. The number of amides is 2. The Kier molecular flexibility index (Phi) is 7.16. The smallest absolute Gasteiger partial charge is 0.245 e. The lowest BCUT2D eigenvalue weighted by Gasteiger charge is -2.31. The van der Waals surface area contributed by atoms with Crippen LogP contribution in [0, 0.1) is 18.7 Å². The molecule has 1 fully saturated rings. The molecule has 35 heavy (non-hydrogen) atoms. The van der Waals surface area contributed by atoms with Crippen molar-refractivity contribution >= 4 is 22.7 Å². The fraction of sp³-hybridized carbons (Fsp3) is 0.462. The minimum absolute atomic E-state index is 0.0638. The van der Waals surface area contributed by atoms with Gasteiger partial charge >= 0.3 is 0 Å². The van der Waals surface area contributed by atoms with Gasteiger partial charge in [0.2, 0.25) is 11.8 Å². The van der Waals surface area contributed by atoms with Crippen molar-refractivity contribution in [2.75, 3.05) is 13.6 Å². The van der Waals surface area contributed by atoms with E-state index in [2.05, 4.69) is 20.6 Å². The Balaban J connectivity index is 1.64. The number of nitrogens with one attached hydrogen (secondary N) is 2. The number of carbonyl (C=O) groups excluding carboxylic acids is 2. The molecule has 8 nitrogen and oxygen atoms in total. The predicted octanol–water partition coefficient (Wildman–Crippen LogP) is 3.28. The molecule has 1 saturated heterocycles. The van der Waals surface area contributed by atoms with Crippen LogP contribution in [0.4, 0.5) is 4.39 Å². The number of hydrogen-bond donors (Lipinski definition) is 2. The SMILES string of the molecule is CNC(C)C(=O)NC(C(=O)N1CCCC1c1cc(-n2ccc3cc(F)ccc32)nc(C)n1)C(C)C. The molecule has 3 aromatic rings. The Labute approximate surface area is 204 Å². The van der Waals surface area contributed by atoms with Gasteiger partial charge in [0.05, 0.1) is 23.3 Å². The van der Waals surface area contributed by atoms with Gasteiger partial charge in [-0.25, -0.2) is 14.4 Å². The molecule has 0 aliphatic carbocycles. The van der Waals surface area contributed by atoms with Crippen LogP contribution in [-0.2, 0) is 9.59 Å². The van der Waals surface area contributed by atoms with Crippen LogP contribution >= 0.6 is 0 Å². The minimum atomic E-state index is -0.621. The number of likely N-dealkylation sites (N-methyl/N-ethyl adjacent to an activating group) is 1. The summed E-state index contributed by atoms with van der Waals surface area (Å²) in [5.41, 5.74) is 1.61. The van der Waals surface area contributed by atoms with Crippen molar-refractivity contribution in [1.29, 1.82) is 0 Å². The highest BCUT2D eigenvalue weighted by atomic mass is 19.1. The third-order valence-corrected chi connectivity index (χ3v) is 6.68. The molecule has 0 saturated carbocycles. The normalized spacial score (nSPS) is 17.7. The first kappa shape index (κ1) is 24.8. The molecule has 3 unspecified atom stereocenters. The zero-order valence-corrected chi connectivity index (χ0v) is 20.9. The number of hydrogen-bond acceptors (Lipinski definition) is 5. The molecule has 3 heterocycles. The number of benzene rings is 1. The first-order chi connectivity index (χ1) is 16.7. The molecular formula is C26H33FN6O2. The van der Waals surface area contributed by atoms with Crippen LogP contribution in [0.2, 0.25) is 0 Å². The van der Waals surface area contributed by atoms with Crippen LogP contribution < -0.4 is 10.6 Å². The molecule has 0 spiro atoms. The topological polar surface area (TPSA) is 92.2 Å². The van der Waals surface area contributed by atoms with Crippen LogP contribution in [0.1, 0.15) is 51.2 Å². The number of aromatic nitrogens is 3. The summed E-state index contributed by atoms with van der Waals surface area (Å²) in [6.07, 6.45) is 3.50. The number of likely N-dealkylation sites (tertiary alicyclic amines) is 1. The van der Waals surface area contributed by atoms with Crippen LogP contribution in [0.3, 0.4) is 0 Å². The van der Waals surface area contributed by atoms with Crippen molar-refractivity contribution < 1.29 is 14.0 Å². The van der Waals surface area contributed by atoms with Gasteiger partial charge in [-0.05, 0) is 63.9 Å². The van der Waals surface area contributed by atoms with Crippen LogP contribution in [0.25, 0.3) is 16.7 Å². The van der Waals surface area contributed by atoms with Crippen molar-refractivity contribution in [3.8, 4) is 5.82 Å². The van der Waals surface area contributed by atoms with Gasteiger partial charge in [0, 0.05) is 24.2 Å². The van der Waals surface area contributed by atoms with E-state index in [1.165, 1.54) is 12.1 Å². The number of rotatable bonds is 7. The average Bonchev–Trinajstić information content (AvgIpc) is 3.48. The molecule has 4 rings (SSSR count). The summed E-state index contributed by atoms with van der Waals surface area (Å²) in [6.45, 7) is 8.07. The zero-order valence-electron chi connectivity index (χ0n) is 20.9. The molecule has 1 aliphatic heterocycles. The monoisotopic (exact) mass is 480 g/mol. The minimum Gasteiger partial charge on any atom is -0.343 e. The third kappa shape index (κ3) is 5.05. The molecule has 2 aromatic heterocycles. The van der Waals surface area contributed by atoms with Crippen molar-refractivity contribution in [3.05, 3.63) is 53.9 Å². The third-order valence-electron chi connectivity index (χ3n) is 6.68. The summed E-state index contributed by atoms with van der Waals surface area (Å²) in [5.74, 6) is 0.615. The van der Waals surface area contributed by atoms with E-state index in [1.807, 2.05) is 48.6 Å². The highest BCUT2D eigenvalue weighted by Gasteiger charge is 2.37. The number of carbonyl (C=O) groups is 2. The van der Waals surface area contributed by atoms with Crippen molar-refractivity contribution in [3.63, 3.8) is 0 Å². The molecule has 186 valence electrons. The highest BCUT2D eigenvalue weighted by molar-refractivity contribution is 5.90. The van der Waals surface area contributed by atoms with E-state index in [0.717, 1.165) is 29.4 Å². The number of fused-ring (bicyclic) bond motifs is 1. The summed E-state index contributed by atoms with van der Waals surface area (Å²) >= 11 is 0. The van der Waals surface area contributed by atoms with Gasteiger partial charge in [0.15, 0.2) is 0 Å². The van der Waals surface area contributed by atoms with Crippen molar-refractivity contribution in [2.45, 2.75) is 58.7 Å². The molecule has 1 aliphatic rings. The van der Waals surface area contributed by atoms with Gasteiger partial charge in [-0.15, -0.1) is 0 Å². The standard InChI is InChI=1S/C26H33FN6O2/c1-15(2)24(31-25(34)16(3)28-5)26(35)33-11-6-7-22(33)20-14-23(30-17(4)29-20)32-12-10-18-13-19(27)8-9-21(18)32/h8-10,12-16,22,24,28H,6-7,11H2,1-5H3,(H,31,34). The summed E-state index contributed by atoms with van der Waals surface area (Å²) in [6, 6.07) is 7.19. The molecule has 1 aromatic carbocycles. The van der Waals surface area contributed by atoms with Gasteiger partial charge in [-0.1, -0.05) is 13.8 Å². The Bertz CT molecular complexity index is 1240. The number of aryl methyl sites for hydroxylation is 1. The maximum Gasteiger partial charge on any atom is 0.245 e. The van der Waals surface area contributed by atoms with E-state index < -0.39 is 12.1 Å². The van der Waals surface area contributed by atoms with Gasteiger partial charge < -0.3 is 20.1 Å².